The van der Waals surface area contributed by atoms with Crippen molar-refractivity contribution < 1.29 is 31.5 Å². The summed E-state index contributed by atoms with van der Waals surface area (Å²) in [4.78, 5) is 25.2. The quantitative estimate of drug-likeness (QED) is 0.603. The molecule has 11 heteroatoms. The highest BCUT2D eigenvalue weighted by molar-refractivity contribution is 7.91. The van der Waals surface area contributed by atoms with Gasteiger partial charge in [0.1, 0.15) is 18.2 Å². The van der Waals surface area contributed by atoms with Crippen molar-refractivity contribution in [1.29, 1.82) is 0 Å². The third-order valence-electron chi connectivity index (χ3n) is 5.68. The first-order chi connectivity index (χ1) is 16.0. The van der Waals surface area contributed by atoms with E-state index in [1.54, 1.807) is 13.8 Å². The third kappa shape index (κ3) is 5.85. The van der Waals surface area contributed by atoms with Gasteiger partial charge in [-0.2, -0.15) is 0 Å². The molecule has 3 rings (SSSR count). The van der Waals surface area contributed by atoms with Gasteiger partial charge in [-0.15, -0.1) is 0 Å². The number of hydrogen-bond donors (Lipinski definition) is 1. The summed E-state index contributed by atoms with van der Waals surface area (Å²) in [7, 11) is -4.27. The van der Waals surface area contributed by atoms with Gasteiger partial charge in [0.25, 0.3) is 0 Å². The number of piperazine rings is 1. The Morgan fingerprint density at radius 3 is 2.47 bits per heavy atom. The van der Waals surface area contributed by atoms with Crippen LogP contribution in [0.25, 0.3) is 0 Å². The topological polar surface area (TPSA) is 92.8 Å². The second-order valence-electron chi connectivity index (χ2n) is 8.34. The Bertz CT molecular complexity index is 1160. The van der Waals surface area contributed by atoms with Gasteiger partial charge in [-0.1, -0.05) is 25.4 Å². The number of sulfone groups is 1. The zero-order valence-corrected chi connectivity index (χ0v) is 20.2. The van der Waals surface area contributed by atoms with Gasteiger partial charge in [-0.3, -0.25) is 9.69 Å². The molecule has 2 amide bonds. The van der Waals surface area contributed by atoms with E-state index >= 15 is 0 Å². The predicted octanol–water partition coefficient (Wildman–Crippen LogP) is 3.97. The summed E-state index contributed by atoms with van der Waals surface area (Å²) < 4.78 is 61.8. The maximum absolute atomic E-state index is 14.9. The van der Waals surface area contributed by atoms with E-state index in [2.05, 4.69) is 5.32 Å². The van der Waals surface area contributed by atoms with E-state index in [-0.39, 0.29) is 42.6 Å². The molecule has 2 aromatic carbocycles. The molecule has 0 aromatic heterocycles. The van der Waals surface area contributed by atoms with Crippen LogP contribution in [0.2, 0.25) is 5.02 Å². The van der Waals surface area contributed by atoms with Gasteiger partial charge in [0.15, 0.2) is 9.84 Å². The lowest BCUT2D eigenvalue weighted by molar-refractivity contribution is -0.123. The number of carbonyl (C=O) groups is 2. The fraction of sp³-hybridized carbons (Fsp3) is 0.391. The summed E-state index contributed by atoms with van der Waals surface area (Å²) in [5, 5.41) is 1.35. The molecule has 0 unspecified atom stereocenters. The zero-order valence-electron chi connectivity index (χ0n) is 18.6. The van der Waals surface area contributed by atoms with Crippen molar-refractivity contribution in [1.82, 2.24) is 10.2 Å². The first-order valence-corrected chi connectivity index (χ1v) is 12.6. The molecule has 0 spiro atoms. The fourth-order valence-electron chi connectivity index (χ4n) is 3.81. The Morgan fingerprint density at radius 1 is 1.18 bits per heavy atom. The van der Waals surface area contributed by atoms with Crippen LogP contribution < -0.4 is 5.32 Å². The van der Waals surface area contributed by atoms with Crippen molar-refractivity contribution in [2.45, 2.75) is 24.0 Å². The summed E-state index contributed by atoms with van der Waals surface area (Å²) in [5.41, 5.74) is -0.359. The molecule has 0 bridgehead atoms. The van der Waals surface area contributed by atoms with E-state index in [0.29, 0.717) is 5.02 Å². The van der Waals surface area contributed by atoms with Crippen LogP contribution in [-0.2, 0) is 19.4 Å². The van der Waals surface area contributed by atoms with Gasteiger partial charge in [0.2, 0.25) is 5.91 Å². The Morgan fingerprint density at radius 2 is 1.85 bits per heavy atom. The van der Waals surface area contributed by atoms with E-state index in [1.807, 2.05) is 0 Å². The fourth-order valence-corrected chi connectivity index (χ4v) is 6.12. The third-order valence-corrected chi connectivity index (χ3v) is 8.14. The molecule has 0 saturated carbocycles. The largest absolute Gasteiger partial charge is 0.449 e. The molecule has 1 aliphatic rings. The van der Waals surface area contributed by atoms with Crippen LogP contribution in [0.5, 0.6) is 0 Å². The first-order valence-electron chi connectivity index (χ1n) is 10.6. The van der Waals surface area contributed by atoms with Crippen LogP contribution in [-0.4, -0.2) is 51.6 Å². The van der Waals surface area contributed by atoms with Crippen molar-refractivity contribution in [2.75, 3.05) is 26.2 Å². The zero-order chi connectivity index (χ0) is 25.0. The second kappa shape index (κ2) is 10.7. The van der Waals surface area contributed by atoms with Gasteiger partial charge in [-0.25, -0.2) is 22.0 Å². The highest BCUT2D eigenvalue weighted by Crippen LogP contribution is 2.40. The lowest BCUT2D eigenvalue weighted by Crippen LogP contribution is -2.50. The number of halogens is 3. The number of rotatable bonds is 7. The summed E-state index contributed by atoms with van der Waals surface area (Å²) in [6.07, 6.45) is -0.789. The second-order valence-corrected chi connectivity index (χ2v) is 10.8. The van der Waals surface area contributed by atoms with Gasteiger partial charge < -0.3 is 10.1 Å². The number of nitrogens with zero attached hydrogens (tertiary/aromatic N) is 1. The molecular weight excluding hydrogens is 490 g/mol. The van der Waals surface area contributed by atoms with Crippen LogP contribution in [0.15, 0.2) is 47.4 Å². The van der Waals surface area contributed by atoms with E-state index in [0.717, 1.165) is 18.2 Å². The van der Waals surface area contributed by atoms with E-state index in [1.165, 1.54) is 29.2 Å². The normalized spacial score (nSPS) is 16.2. The SMILES string of the molecule is CC(C)[C@@H](COC(=O)N1CCNC(=O)C1)[C@@H](c1cc(F)ccc1F)S(=O)(=O)c1ccc(Cl)cc1. The molecule has 2 aromatic rings. The minimum absolute atomic E-state index is 0.129. The van der Waals surface area contributed by atoms with Crippen molar-refractivity contribution in [3.8, 4) is 0 Å². The predicted molar refractivity (Wildman–Crippen MR) is 122 cm³/mol. The van der Waals surface area contributed by atoms with Crippen LogP contribution in [0.4, 0.5) is 13.6 Å². The number of amides is 2. The Balaban J connectivity index is 2.00. The maximum Gasteiger partial charge on any atom is 0.410 e. The van der Waals surface area contributed by atoms with Gasteiger partial charge in [0, 0.05) is 29.6 Å². The summed E-state index contributed by atoms with van der Waals surface area (Å²) >= 11 is 5.89. The number of ether oxygens (including phenoxy) is 1. The molecule has 1 N–H and O–H groups in total. The standard InChI is InChI=1S/C23H25ClF2N2O5S/c1-14(2)19(13-33-23(30)28-10-9-27-21(29)12-28)22(18-11-16(25)5-8-20(18)26)34(31,32)17-6-3-15(24)4-7-17/h3-8,11,14,19,22H,9-10,12-13H2,1-2H3,(H,27,29)/t19-,22-/m1/s1. The van der Waals surface area contributed by atoms with Crippen LogP contribution >= 0.6 is 11.6 Å². The average Bonchev–Trinajstić information content (AvgIpc) is 2.78. The molecule has 1 fully saturated rings. The average molecular weight is 515 g/mol. The molecular formula is C23H25ClF2N2O5S. The van der Waals surface area contributed by atoms with Crippen LogP contribution in [0, 0.1) is 23.5 Å². The van der Waals surface area contributed by atoms with Crippen molar-refractivity contribution in [3.63, 3.8) is 0 Å². The van der Waals surface area contributed by atoms with E-state index in [9.17, 15) is 26.8 Å². The minimum atomic E-state index is -4.27. The van der Waals surface area contributed by atoms with Crippen LogP contribution in [0.1, 0.15) is 24.7 Å². The number of nitrogens with one attached hydrogen (secondary N) is 1. The minimum Gasteiger partial charge on any atom is -0.449 e. The van der Waals surface area contributed by atoms with Gasteiger partial charge in [0.05, 0.1) is 16.8 Å². The molecule has 0 aliphatic carbocycles. The Labute approximate surface area is 202 Å². The summed E-state index contributed by atoms with van der Waals surface area (Å²) in [6, 6.07) is 7.97. The summed E-state index contributed by atoms with van der Waals surface area (Å²) in [5.74, 6) is -3.37. The number of carbonyl (C=O) groups excluding carboxylic acids is 2. The molecule has 7 nitrogen and oxygen atoms in total. The van der Waals surface area contributed by atoms with Gasteiger partial charge in [-0.05, 0) is 48.4 Å². The Hall–Kier alpha value is -2.72. The monoisotopic (exact) mass is 514 g/mol. The van der Waals surface area contributed by atoms with E-state index < -0.39 is 44.7 Å². The van der Waals surface area contributed by atoms with Crippen molar-refractivity contribution in [3.05, 3.63) is 64.7 Å². The molecule has 1 aliphatic heterocycles. The Kier molecular flexibility index (Phi) is 8.14. The highest BCUT2D eigenvalue weighted by atomic mass is 35.5. The molecule has 1 heterocycles. The molecule has 1 saturated heterocycles. The van der Waals surface area contributed by atoms with Crippen LogP contribution in [0.3, 0.4) is 0 Å². The molecule has 34 heavy (non-hydrogen) atoms. The number of benzene rings is 2. The van der Waals surface area contributed by atoms with E-state index in [4.69, 9.17) is 16.3 Å². The van der Waals surface area contributed by atoms with Crippen molar-refractivity contribution in [2.24, 2.45) is 11.8 Å². The highest BCUT2D eigenvalue weighted by Gasteiger charge is 2.40. The smallest absolute Gasteiger partial charge is 0.410 e. The summed E-state index contributed by atoms with van der Waals surface area (Å²) in [6.45, 7) is 3.34. The maximum atomic E-state index is 14.9. The van der Waals surface area contributed by atoms with Gasteiger partial charge >= 0.3 is 6.09 Å². The lowest BCUT2D eigenvalue weighted by Gasteiger charge is -2.32. The molecule has 184 valence electrons. The first kappa shape index (κ1) is 25.9. The van der Waals surface area contributed by atoms with Crippen molar-refractivity contribution >= 4 is 33.4 Å². The molecule has 2 atom stereocenters. The lowest BCUT2D eigenvalue weighted by atomic mass is 9.89. The number of hydrogen-bond acceptors (Lipinski definition) is 5. The molecule has 0 radical (unpaired) electrons.